The minimum atomic E-state index is -3.66. The molecule has 0 bridgehead atoms. The van der Waals surface area contributed by atoms with E-state index >= 15 is 0 Å². The molecule has 0 spiro atoms. The van der Waals surface area contributed by atoms with Crippen LogP contribution in [0.3, 0.4) is 0 Å². The zero-order chi connectivity index (χ0) is 21.6. The second-order valence-corrected chi connectivity index (χ2v) is 8.79. The molecule has 0 aliphatic rings. The molecule has 1 heterocycles. The lowest BCUT2D eigenvalue weighted by Gasteiger charge is -2.12. The largest absolute Gasteiger partial charge is 0.468 e. The summed E-state index contributed by atoms with van der Waals surface area (Å²) in [5.74, 6) is 0.270. The third-order valence-corrected chi connectivity index (χ3v) is 6.03. The summed E-state index contributed by atoms with van der Waals surface area (Å²) >= 11 is 5.88. The van der Waals surface area contributed by atoms with Gasteiger partial charge in [-0.05, 0) is 60.5 Å². The summed E-state index contributed by atoms with van der Waals surface area (Å²) in [5.41, 5.74) is 1.65. The first kappa shape index (κ1) is 21.8. The van der Waals surface area contributed by atoms with Gasteiger partial charge in [-0.1, -0.05) is 35.9 Å². The first-order chi connectivity index (χ1) is 14.3. The Morgan fingerprint density at radius 2 is 1.80 bits per heavy atom. The monoisotopic (exact) mass is 444 g/mol. The molecule has 3 rings (SSSR count). The molecule has 1 amide bonds. The van der Waals surface area contributed by atoms with Gasteiger partial charge in [-0.3, -0.25) is 4.79 Å². The second kappa shape index (κ2) is 9.75. The molecule has 0 saturated heterocycles. The Bertz CT molecular complexity index is 1110. The fourth-order valence-electron chi connectivity index (χ4n) is 2.69. The average Bonchev–Trinajstić information content (AvgIpc) is 3.25. The number of sulfonamides is 1. The summed E-state index contributed by atoms with van der Waals surface area (Å²) < 4.78 is 32.3. The van der Waals surface area contributed by atoms with Gasteiger partial charge >= 0.3 is 0 Å². The lowest BCUT2D eigenvalue weighted by molar-refractivity contribution is -0.117. The summed E-state index contributed by atoms with van der Waals surface area (Å²) in [5, 5.41) is 3.51. The van der Waals surface area contributed by atoms with Crippen molar-refractivity contribution in [2.24, 2.45) is 0 Å². The maximum Gasteiger partial charge on any atom is 0.244 e. The maximum atomic E-state index is 12.3. The number of hydrogen-bond donors (Lipinski definition) is 2. The fraction of sp³-hybridized carbons (Fsp3) is 0.136. The molecule has 0 aliphatic heterocycles. The lowest BCUT2D eigenvalue weighted by Crippen LogP contribution is -2.24. The predicted octanol–water partition coefficient (Wildman–Crippen LogP) is 4.30. The minimum absolute atomic E-state index is 0.0724. The summed E-state index contributed by atoms with van der Waals surface area (Å²) in [6.07, 6.45) is 4.51. The molecule has 156 valence electrons. The second-order valence-electron chi connectivity index (χ2n) is 6.59. The molecule has 1 unspecified atom stereocenters. The van der Waals surface area contributed by atoms with Gasteiger partial charge in [-0.15, -0.1) is 0 Å². The van der Waals surface area contributed by atoms with Gasteiger partial charge in [0.05, 0.1) is 23.7 Å². The first-order valence-electron chi connectivity index (χ1n) is 9.20. The number of hydrogen-bond acceptors (Lipinski definition) is 4. The molecule has 3 aromatic rings. The molecule has 0 aliphatic carbocycles. The summed E-state index contributed by atoms with van der Waals surface area (Å²) in [7, 11) is -3.66. The maximum absolute atomic E-state index is 12.3. The van der Waals surface area contributed by atoms with Crippen LogP contribution in [0.2, 0.25) is 5.02 Å². The first-order valence-corrected chi connectivity index (χ1v) is 11.1. The van der Waals surface area contributed by atoms with Crippen LogP contribution in [0.1, 0.15) is 29.9 Å². The molecule has 1 atom stereocenters. The van der Waals surface area contributed by atoms with E-state index in [4.69, 9.17) is 16.0 Å². The standard InChI is InChI=1S/C22H21ClN2O4S/c1-16(18-7-9-19(23)10-8-18)25-22(26)13-6-17-4-11-21(12-5-17)30(27,28)24-15-20-3-2-14-29-20/h2-14,16,24H,15H2,1H3,(H,25,26)/b13-6+. The Morgan fingerprint density at radius 3 is 2.43 bits per heavy atom. The number of rotatable bonds is 8. The van der Waals surface area contributed by atoms with E-state index in [1.54, 1.807) is 42.5 Å². The van der Waals surface area contributed by atoms with Crippen molar-refractivity contribution in [3.8, 4) is 0 Å². The quantitative estimate of drug-likeness (QED) is 0.507. The average molecular weight is 445 g/mol. The van der Waals surface area contributed by atoms with Gasteiger partial charge < -0.3 is 9.73 Å². The van der Waals surface area contributed by atoms with Crippen molar-refractivity contribution in [1.29, 1.82) is 0 Å². The molecule has 1 aromatic heterocycles. The molecule has 0 radical (unpaired) electrons. The normalized spacial score (nSPS) is 12.7. The molecular formula is C22H21ClN2O4S. The van der Waals surface area contributed by atoms with Gasteiger partial charge in [0, 0.05) is 11.1 Å². The summed E-state index contributed by atoms with van der Waals surface area (Å²) in [4.78, 5) is 12.3. The number of carbonyl (C=O) groups is 1. The number of halogens is 1. The van der Waals surface area contributed by atoms with E-state index in [-0.39, 0.29) is 23.4 Å². The van der Waals surface area contributed by atoms with E-state index in [1.807, 2.05) is 19.1 Å². The predicted molar refractivity (Wildman–Crippen MR) is 116 cm³/mol. The van der Waals surface area contributed by atoms with Crippen molar-refractivity contribution < 1.29 is 17.6 Å². The van der Waals surface area contributed by atoms with Gasteiger partial charge in [-0.25, -0.2) is 13.1 Å². The number of carbonyl (C=O) groups excluding carboxylic acids is 1. The van der Waals surface area contributed by atoms with E-state index in [2.05, 4.69) is 10.0 Å². The van der Waals surface area contributed by atoms with Gasteiger partial charge in [0.25, 0.3) is 0 Å². The minimum Gasteiger partial charge on any atom is -0.468 e. The van der Waals surface area contributed by atoms with Crippen molar-refractivity contribution in [1.82, 2.24) is 10.0 Å². The highest BCUT2D eigenvalue weighted by atomic mass is 35.5. The highest BCUT2D eigenvalue weighted by molar-refractivity contribution is 7.89. The van der Waals surface area contributed by atoms with Crippen molar-refractivity contribution in [3.63, 3.8) is 0 Å². The molecule has 2 aromatic carbocycles. The van der Waals surface area contributed by atoms with E-state index < -0.39 is 10.0 Å². The zero-order valence-electron chi connectivity index (χ0n) is 16.2. The number of amides is 1. The van der Waals surface area contributed by atoms with Crippen LogP contribution in [0.5, 0.6) is 0 Å². The Hall–Kier alpha value is -2.87. The van der Waals surface area contributed by atoms with Crippen molar-refractivity contribution in [2.45, 2.75) is 24.4 Å². The van der Waals surface area contributed by atoms with Crippen LogP contribution >= 0.6 is 11.6 Å². The number of nitrogens with one attached hydrogen (secondary N) is 2. The van der Waals surface area contributed by atoms with E-state index in [0.717, 1.165) is 5.56 Å². The highest BCUT2D eigenvalue weighted by Crippen LogP contribution is 2.16. The van der Waals surface area contributed by atoms with Crippen molar-refractivity contribution in [3.05, 3.63) is 94.9 Å². The summed E-state index contributed by atoms with van der Waals surface area (Å²) in [6, 6.07) is 16.7. The Kier molecular flexibility index (Phi) is 7.10. The molecule has 30 heavy (non-hydrogen) atoms. The third kappa shape index (κ3) is 6.06. The van der Waals surface area contributed by atoms with E-state index in [9.17, 15) is 13.2 Å². The van der Waals surface area contributed by atoms with Crippen LogP contribution in [0.4, 0.5) is 0 Å². The van der Waals surface area contributed by atoms with Crippen molar-refractivity contribution >= 4 is 33.6 Å². The van der Waals surface area contributed by atoms with Gasteiger partial charge in [0.2, 0.25) is 15.9 Å². The Morgan fingerprint density at radius 1 is 1.10 bits per heavy atom. The molecule has 8 heteroatoms. The molecular weight excluding hydrogens is 424 g/mol. The van der Waals surface area contributed by atoms with Gasteiger partial charge in [0.1, 0.15) is 5.76 Å². The van der Waals surface area contributed by atoms with Gasteiger partial charge in [-0.2, -0.15) is 0 Å². The number of benzene rings is 2. The molecule has 0 saturated carbocycles. The molecule has 2 N–H and O–H groups in total. The van der Waals surface area contributed by atoms with Crippen LogP contribution in [-0.2, 0) is 21.4 Å². The van der Waals surface area contributed by atoms with Crippen LogP contribution in [0.15, 0.2) is 82.3 Å². The van der Waals surface area contributed by atoms with Crippen LogP contribution in [-0.4, -0.2) is 14.3 Å². The number of furan rings is 1. The molecule has 0 fully saturated rings. The van der Waals surface area contributed by atoms with Crippen LogP contribution in [0, 0.1) is 0 Å². The highest BCUT2D eigenvalue weighted by Gasteiger charge is 2.14. The fourth-order valence-corrected chi connectivity index (χ4v) is 3.81. The lowest BCUT2D eigenvalue weighted by atomic mass is 10.1. The topological polar surface area (TPSA) is 88.4 Å². The van der Waals surface area contributed by atoms with Crippen LogP contribution in [0.25, 0.3) is 6.08 Å². The van der Waals surface area contributed by atoms with Crippen LogP contribution < -0.4 is 10.0 Å². The van der Waals surface area contributed by atoms with E-state index in [0.29, 0.717) is 16.3 Å². The SMILES string of the molecule is CC(NC(=O)/C=C/c1ccc(S(=O)(=O)NCc2ccco2)cc1)c1ccc(Cl)cc1. The smallest absolute Gasteiger partial charge is 0.244 e. The molecule has 6 nitrogen and oxygen atoms in total. The van der Waals surface area contributed by atoms with E-state index in [1.165, 1.54) is 24.5 Å². The summed E-state index contributed by atoms with van der Waals surface area (Å²) in [6.45, 7) is 1.95. The third-order valence-electron chi connectivity index (χ3n) is 4.36. The Balaban J connectivity index is 1.57. The Labute approximate surface area is 180 Å². The van der Waals surface area contributed by atoms with Crippen molar-refractivity contribution in [2.75, 3.05) is 0 Å². The van der Waals surface area contributed by atoms with Gasteiger partial charge in [0.15, 0.2) is 0 Å². The zero-order valence-corrected chi connectivity index (χ0v) is 17.8.